The third-order valence-electron chi connectivity index (χ3n) is 3.66. The minimum atomic E-state index is -0.238. The van der Waals surface area contributed by atoms with Crippen LogP contribution in [0.25, 0.3) is 11.4 Å². The Labute approximate surface area is 146 Å². The lowest BCUT2D eigenvalue weighted by Gasteiger charge is -2.23. The average Bonchev–Trinajstić information content (AvgIpc) is 3.27. The van der Waals surface area contributed by atoms with E-state index in [1.807, 2.05) is 39.8 Å². The van der Waals surface area contributed by atoms with Gasteiger partial charge in [0.05, 0.1) is 5.25 Å². The van der Waals surface area contributed by atoms with Crippen LogP contribution < -0.4 is 5.32 Å². The molecule has 3 rings (SSSR count). The van der Waals surface area contributed by atoms with E-state index in [0.717, 1.165) is 29.4 Å². The highest BCUT2D eigenvalue weighted by atomic mass is 32.2. The van der Waals surface area contributed by atoms with Gasteiger partial charge in [0.2, 0.25) is 5.91 Å². The summed E-state index contributed by atoms with van der Waals surface area (Å²) in [5.74, 6) is 0.870. The Morgan fingerprint density at radius 1 is 1.29 bits per heavy atom. The number of aromatic nitrogens is 4. The van der Waals surface area contributed by atoms with Crippen LogP contribution in [0.15, 0.2) is 29.7 Å². The van der Waals surface area contributed by atoms with Crippen LogP contribution in [-0.2, 0) is 4.79 Å². The lowest BCUT2D eigenvalue weighted by atomic mass is 10.1. The number of rotatable bonds is 5. The van der Waals surface area contributed by atoms with Gasteiger partial charge < -0.3 is 5.32 Å². The fraction of sp³-hybridized carbons (Fsp3) is 0.529. The highest BCUT2D eigenvalue weighted by molar-refractivity contribution is 8.00. The highest BCUT2D eigenvalue weighted by Gasteiger charge is 2.31. The van der Waals surface area contributed by atoms with Gasteiger partial charge >= 0.3 is 0 Å². The number of carbonyl (C=O) groups is 1. The average molecular weight is 345 g/mol. The third-order valence-corrected chi connectivity index (χ3v) is 4.72. The first-order chi connectivity index (χ1) is 11.3. The molecule has 0 saturated heterocycles. The summed E-state index contributed by atoms with van der Waals surface area (Å²) in [7, 11) is 0. The van der Waals surface area contributed by atoms with Gasteiger partial charge in [-0.25, -0.2) is 0 Å². The van der Waals surface area contributed by atoms with Gasteiger partial charge in [0.25, 0.3) is 0 Å². The second-order valence-corrected chi connectivity index (χ2v) is 8.45. The van der Waals surface area contributed by atoms with E-state index in [4.69, 9.17) is 0 Å². The highest BCUT2D eigenvalue weighted by Crippen LogP contribution is 2.41. The zero-order chi connectivity index (χ0) is 17.3. The molecule has 1 saturated carbocycles. The van der Waals surface area contributed by atoms with Crippen molar-refractivity contribution in [3.05, 3.63) is 24.5 Å². The second-order valence-electron chi connectivity index (χ2n) is 7.14. The van der Waals surface area contributed by atoms with Crippen LogP contribution in [0.1, 0.15) is 46.6 Å². The van der Waals surface area contributed by atoms with E-state index in [0.29, 0.717) is 6.04 Å². The van der Waals surface area contributed by atoms with Gasteiger partial charge in [0.1, 0.15) is 0 Å². The summed E-state index contributed by atoms with van der Waals surface area (Å²) in [6.07, 6.45) is 5.78. The van der Waals surface area contributed by atoms with Crippen molar-refractivity contribution in [3.63, 3.8) is 0 Å². The van der Waals surface area contributed by atoms with Crippen molar-refractivity contribution >= 4 is 17.7 Å². The smallest absolute Gasteiger partial charge is 0.233 e. The van der Waals surface area contributed by atoms with E-state index < -0.39 is 0 Å². The number of carbonyl (C=O) groups excluding carboxylic acids is 1. The van der Waals surface area contributed by atoms with Crippen molar-refractivity contribution < 1.29 is 4.79 Å². The maximum absolute atomic E-state index is 12.3. The third kappa shape index (κ3) is 3.95. The predicted molar refractivity (Wildman–Crippen MR) is 94.7 cm³/mol. The maximum Gasteiger partial charge on any atom is 0.233 e. The summed E-state index contributed by atoms with van der Waals surface area (Å²) in [4.78, 5) is 16.4. The first-order valence-corrected chi connectivity index (χ1v) is 9.07. The SMILES string of the molecule is C[C@H](Sc1nnc(-c2ccncc2)n1C1CC1)C(=O)NC(C)(C)C. The fourth-order valence-electron chi connectivity index (χ4n) is 2.40. The van der Waals surface area contributed by atoms with Crippen LogP contribution in [0.5, 0.6) is 0 Å². The van der Waals surface area contributed by atoms with Gasteiger partial charge in [0, 0.05) is 29.5 Å². The molecule has 6 nitrogen and oxygen atoms in total. The van der Waals surface area contributed by atoms with Gasteiger partial charge in [-0.3, -0.25) is 14.3 Å². The molecule has 2 aromatic rings. The Kier molecular flexibility index (Phi) is 4.62. The quantitative estimate of drug-likeness (QED) is 0.843. The topological polar surface area (TPSA) is 72.7 Å². The number of nitrogens with one attached hydrogen (secondary N) is 1. The number of hydrogen-bond donors (Lipinski definition) is 1. The Balaban J connectivity index is 1.82. The zero-order valence-electron chi connectivity index (χ0n) is 14.5. The summed E-state index contributed by atoms with van der Waals surface area (Å²) < 4.78 is 2.17. The van der Waals surface area contributed by atoms with Crippen LogP contribution in [0.2, 0.25) is 0 Å². The van der Waals surface area contributed by atoms with E-state index in [1.165, 1.54) is 11.8 Å². The predicted octanol–water partition coefficient (Wildman–Crippen LogP) is 3.07. The Hall–Kier alpha value is -1.89. The first-order valence-electron chi connectivity index (χ1n) is 8.19. The molecule has 1 N–H and O–H groups in total. The minimum absolute atomic E-state index is 0.0170. The van der Waals surface area contributed by atoms with E-state index in [1.54, 1.807) is 12.4 Å². The standard InChI is InChI=1S/C17H23N5OS/c1-11(15(23)19-17(2,3)4)24-16-21-20-14(22(16)13-5-6-13)12-7-9-18-10-8-12/h7-11,13H,5-6H2,1-4H3,(H,19,23)/t11-/m0/s1. The molecule has 1 amide bonds. The van der Waals surface area contributed by atoms with Crippen LogP contribution in [0, 0.1) is 0 Å². The molecule has 24 heavy (non-hydrogen) atoms. The molecule has 128 valence electrons. The largest absolute Gasteiger partial charge is 0.351 e. The summed E-state index contributed by atoms with van der Waals surface area (Å²) in [5.41, 5.74) is 0.765. The van der Waals surface area contributed by atoms with Crippen LogP contribution in [0.4, 0.5) is 0 Å². The molecule has 0 spiro atoms. The van der Waals surface area contributed by atoms with E-state index in [-0.39, 0.29) is 16.7 Å². The summed E-state index contributed by atoms with van der Waals surface area (Å²) >= 11 is 1.46. The second kappa shape index (κ2) is 6.55. The maximum atomic E-state index is 12.3. The summed E-state index contributed by atoms with van der Waals surface area (Å²) in [6, 6.07) is 4.31. The van der Waals surface area contributed by atoms with Gasteiger partial charge in [-0.2, -0.15) is 0 Å². The molecule has 7 heteroatoms. The first kappa shape index (κ1) is 17.0. The molecule has 0 aromatic carbocycles. The Morgan fingerprint density at radius 3 is 2.54 bits per heavy atom. The number of pyridine rings is 1. The van der Waals surface area contributed by atoms with Crippen molar-refractivity contribution in [2.24, 2.45) is 0 Å². The Morgan fingerprint density at radius 2 is 1.96 bits per heavy atom. The van der Waals surface area contributed by atoms with Crippen LogP contribution in [0.3, 0.4) is 0 Å². The number of thioether (sulfide) groups is 1. The lowest BCUT2D eigenvalue weighted by molar-refractivity contribution is -0.121. The number of nitrogens with zero attached hydrogens (tertiary/aromatic N) is 4. The van der Waals surface area contributed by atoms with E-state index >= 15 is 0 Å². The molecule has 2 heterocycles. The van der Waals surface area contributed by atoms with Crippen LogP contribution in [-0.4, -0.2) is 36.4 Å². The molecule has 1 fully saturated rings. The molecule has 0 aliphatic heterocycles. The number of hydrogen-bond acceptors (Lipinski definition) is 5. The van der Waals surface area contributed by atoms with E-state index in [2.05, 4.69) is 25.1 Å². The monoisotopic (exact) mass is 345 g/mol. The molecule has 0 bridgehead atoms. The summed E-state index contributed by atoms with van der Waals surface area (Å²) in [5, 5.41) is 12.3. The van der Waals surface area contributed by atoms with Crippen molar-refractivity contribution in [2.45, 2.75) is 62.5 Å². The molecule has 2 aromatic heterocycles. The molecule has 0 radical (unpaired) electrons. The fourth-order valence-corrected chi connectivity index (χ4v) is 3.32. The van der Waals surface area contributed by atoms with Gasteiger partial charge in [-0.05, 0) is 52.7 Å². The number of amides is 1. The molecular weight excluding hydrogens is 322 g/mol. The lowest BCUT2D eigenvalue weighted by Crippen LogP contribution is -2.44. The summed E-state index contributed by atoms with van der Waals surface area (Å²) in [6.45, 7) is 7.85. The molecule has 0 unspecified atom stereocenters. The minimum Gasteiger partial charge on any atom is -0.351 e. The molecule has 1 aliphatic rings. The molecule has 1 atom stereocenters. The molecular formula is C17H23N5OS. The Bertz CT molecular complexity index is 718. The van der Waals surface area contributed by atoms with Crippen molar-refractivity contribution in [1.29, 1.82) is 0 Å². The van der Waals surface area contributed by atoms with Crippen molar-refractivity contribution in [3.8, 4) is 11.4 Å². The van der Waals surface area contributed by atoms with Crippen molar-refractivity contribution in [1.82, 2.24) is 25.1 Å². The van der Waals surface area contributed by atoms with Gasteiger partial charge in [0.15, 0.2) is 11.0 Å². The van der Waals surface area contributed by atoms with Crippen molar-refractivity contribution in [2.75, 3.05) is 0 Å². The normalized spacial score (nSPS) is 16.0. The zero-order valence-corrected chi connectivity index (χ0v) is 15.3. The van der Waals surface area contributed by atoms with Gasteiger partial charge in [-0.15, -0.1) is 10.2 Å². The molecule has 1 aliphatic carbocycles. The van der Waals surface area contributed by atoms with Gasteiger partial charge in [-0.1, -0.05) is 11.8 Å². The van der Waals surface area contributed by atoms with Crippen LogP contribution >= 0.6 is 11.8 Å². The van der Waals surface area contributed by atoms with E-state index in [9.17, 15) is 4.79 Å².